The summed E-state index contributed by atoms with van der Waals surface area (Å²) < 4.78 is 0. The molecule has 2 fully saturated rings. The van der Waals surface area contributed by atoms with Crippen LogP contribution in [0.1, 0.15) is 16.8 Å². The van der Waals surface area contributed by atoms with E-state index < -0.39 is 0 Å². The summed E-state index contributed by atoms with van der Waals surface area (Å²) in [5, 5.41) is 9.45. The van der Waals surface area contributed by atoms with E-state index in [1.165, 1.54) is 0 Å². The number of pyridine rings is 1. The van der Waals surface area contributed by atoms with Crippen LogP contribution in [0.5, 0.6) is 0 Å². The first-order valence-corrected chi connectivity index (χ1v) is 7.63. The highest BCUT2D eigenvalue weighted by molar-refractivity contribution is 5.83. The van der Waals surface area contributed by atoms with Gasteiger partial charge in [0.15, 0.2) is 0 Å². The second-order valence-corrected chi connectivity index (χ2v) is 6.15. The van der Waals surface area contributed by atoms with E-state index in [0.29, 0.717) is 12.1 Å². The average Bonchev–Trinajstić information content (AvgIpc) is 2.50. The Kier molecular flexibility index (Phi) is 3.75. The Morgan fingerprint density at radius 3 is 2.73 bits per heavy atom. The lowest BCUT2D eigenvalue weighted by Gasteiger charge is -2.46. The molecule has 6 heteroatoms. The van der Waals surface area contributed by atoms with Gasteiger partial charge in [-0.25, -0.2) is 4.98 Å². The summed E-state index contributed by atoms with van der Waals surface area (Å²) in [4.78, 5) is 23.1. The van der Waals surface area contributed by atoms with E-state index in [1.54, 1.807) is 4.90 Å². The van der Waals surface area contributed by atoms with E-state index in [1.807, 2.05) is 27.0 Å². The summed E-state index contributed by atoms with van der Waals surface area (Å²) in [5.41, 5.74) is 2.47. The Hall–Kier alpha value is -2.13. The van der Waals surface area contributed by atoms with Gasteiger partial charge in [-0.2, -0.15) is 5.26 Å². The van der Waals surface area contributed by atoms with Crippen molar-refractivity contribution in [3.63, 3.8) is 0 Å². The zero-order valence-corrected chi connectivity index (χ0v) is 13.3. The lowest BCUT2D eigenvalue weighted by atomic mass is 10.1. The van der Waals surface area contributed by atoms with Gasteiger partial charge in [0.2, 0.25) is 5.91 Å². The molecule has 0 bridgehead atoms. The van der Waals surface area contributed by atoms with Crippen LogP contribution >= 0.6 is 0 Å². The number of nitriles is 1. The maximum Gasteiger partial charge on any atom is 0.241 e. The second-order valence-electron chi connectivity index (χ2n) is 6.15. The molecule has 3 rings (SSSR count). The first-order chi connectivity index (χ1) is 10.5. The normalized spacial score (nSPS) is 22.5. The van der Waals surface area contributed by atoms with Crippen molar-refractivity contribution < 1.29 is 4.79 Å². The summed E-state index contributed by atoms with van der Waals surface area (Å²) in [6.45, 7) is 7.84. The molecule has 1 aromatic heterocycles. The van der Waals surface area contributed by atoms with Gasteiger partial charge in [-0.3, -0.25) is 9.69 Å². The van der Waals surface area contributed by atoms with Crippen molar-refractivity contribution in [3.8, 4) is 6.07 Å². The highest BCUT2D eigenvalue weighted by Crippen LogP contribution is 2.25. The smallest absolute Gasteiger partial charge is 0.241 e. The molecule has 2 saturated heterocycles. The lowest BCUT2D eigenvalue weighted by Crippen LogP contribution is -2.64. The van der Waals surface area contributed by atoms with Crippen LogP contribution in [0.25, 0.3) is 0 Å². The van der Waals surface area contributed by atoms with Gasteiger partial charge in [0.25, 0.3) is 0 Å². The number of carbonyl (C=O) groups excluding carboxylic acids is 1. The van der Waals surface area contributed by atoms with Crippen molar-refractivity contribution in [1.82, 2.24) is 14.8 Å². The molecule has 0 saturated carbocycles. The predicted octanol–water partition coefficient (Wildman–Crippen LogP) is 0.533. The molecule has 3 heterocycles. The van der Waals surface area contributed by atoms with Crippen molar-refractivity contribution in [2.45, 2.75) is 19.9 Å². The van der Waals surface area contributed by atoms with Gasteiger partial charge in [0, 0.05) is 45.5 Å². The fraction of sp³-hybridized carbons (Fsp3) is 0.562. The molecule has 0 unspecified atom stereocenters. The summed E-state index contributed by atoms with van der Waals surface area (Å²) in [7, 11) is 1.86. The van der Waals surface area contributed by atoms with Gasteiger partial charge in [-0.05, 0) is 25.5 Å². The van der Waals surface area contributed by atoms with Crippen molar-refractivity contribution in [3.05, 3.63) is 22.9 Å². The topological polar surface area (TPSA) is 63.5 Å². The van der Waals surface area contributed by atoms with Crippen molar-refractivity contribution in [2.24, 2.45) is 0 Å². The average molecular weight is 299 g/mol. The van der Waals surface area contributed by atoms with Crippen molar-refractivity contribution in [1.29, 1.82) is 5.26 Å². The number of aryl methyl sites for hydroxylation is 2. The highest BCUT2D eigenvalue weighted by atomic mass is 16.2. The summed E-state index contributed by atoms with van der Waals surface area (Å²) >= 11 is 0. The zero-order valence-electron chi connectivity index (χ0n) is 13.3. The lowest BCUT2D eigenvalue weighted by molar-refractivity contribution is -0.140. The van der Waals surface area contributed by atoms with Crippen LogP contribution in [0.4, 0.5) is 5.82 Å². The van der Waals surface area contributed by atoms with Crippen molar-refractivity contribution >= 4 is 11.7 Å². The Morgan fingerprint density at radius 2 is 2.00 bits per heavy atom. The summed E-state index contributed by atoms with van der Waals surface area (Å²) in [6.07, 6.45) is 0. The molecule has 22 heavy (non-hydrogen) atoms. The molecule has 0 N–H and O–H groups in total. The van der Waals surface area contributed by atoms with Gasteiger partial charge in [0.05, 0.1) is 5.56 Å². The Balaban J connectivity index is 1.91. The number of nitrogens with zero attached hydrogens (tertiary/aromatic N) is 5. The number of piperazine rings is 2. The first kappa shape index (κ1) is 14.8. The molecule has 0 spiro atoms. The van der Waals surface area contributed by atoms with E-state index in [2.05, 4.69) is 20.9 Å². The fourth-order valence-electron chi connectivity index (χ4n) is 3.34. The first-order valence-electron chi connectivity index (χ1n) is 7.63. The van der Waals surface area contributed by atoms with E-state index in [4.69, 9.17) is 0 Å². The van der Waals surface area contributed by atoms with Crippen LogP contribution in [0.15, 0.2) is 6.07 Å². The van der Waals surface area contributed by atoms with Gasteiger partial charge in [-0.15, -0.1) is 0 Å². The van der Waals surface area contributed by atoms with Gasteiger partial charge < -0.3 is 9.80 Å². The maximum atomic E-state index is 12.4. The van der Waals surface area contributed by atoms with E-state index in [9.17, 15) is 10.1 Å². The molecule has 0 radical (unpaired) electrons. The Labute approximate surface area is 130 Å². The standard InChI is InChI=1S/C16H21N5O/c1-11-8-12(2)18-15(13(11)9-17)21-7-6-20-5-4-19(3)16(22)14(20)10-21/h8,14H,4-7,10H2,1-3H3/t14-/m0/s1. The summed E-state index contributed by atoms with van der Waals surface area (Å²) in [6, 6.07) is 4.07. The monoisotopic (exact) mass is 299 g/mol. The number of likely N-dealkylation sites (N-methyl/N-ethyl adjacent to an activating group) is 1. The molecule has 6 nitrogen and oxygen atoms in total. The number of aromatic nitrogens is 1. The molecule has 1 amide bonds. The number of fused-ring (bicyclic) bond motifs is 1. The zero-order chi connectivity index (χ0) is 15.9. The maximum absolute atomic E-state index is 12.4. The molecule has 0 aromatic carbocycles. The molecule has 2 aliphatic rings. The van der Waals surface area contributed by atoms with Crippen LogP contribution in [-0.4, -0.2) is 66.5 Å². The number of rotatable bonds is 1. The molecule has 0 aliphatic carbocycles. The van der Waals surface area contributed by atoms with Gasteiger partial charge in [0.1, 0.15) is 17.9 Å². The van der Waals surface area contributed by atoms with Crippen LogP contribution in [0, 0.1) is 25.2 Å². The van der Waals surface area contributed by atoms with Gasteiger partial charge in [-0.1, -0.05) is 0 Å². The summed E-state index contributed by atoms with van der Waals surface area (Å²) in [5.74, 6) is 0.888. The molecule has 1 atom stereocenters. The predicted molar refractivity (Wildman–Crippen MR) is 83.6 cm³/mol. The molecular weight excluding hydrogens is 278 g/mol. The third-order valence-corrected chi connectivity index (χ3v) is 4.61. The SMILES string of the molecule is Cc1cc(C)c(C#N)c(N2CCN3CCN(C)C(=O)[C@@H]3C2)n1. The third kappa shape index (κ3) is 2.42. The molecular formula is C16H21N5O. The van der Waals surface area contributed by atoms with Crippen LogP contribution in [-0.2, 0) is 4.79 Å². The quantitative estimate of drug-likeness (QED) is 0.757. The Bertz CT molecular complexity index is 651. The minimum Gasteiger partial charge on any atom is -0.352 e. The number of hydrogen-bond acceptors (Lipinski definition) is 5. The van der Waals surface area contributed by atoms with E-state index in [0.717, 1.165) is 43.3 Å². The number of anilines is 1. The minimum atomic E-state index is -0.123. The van der Waals surface area contributed by atoms with Crippen molar-refractivity contribution in [2.75, 3.05) is 44.7 Å². The number of carbonyl (C=O) groups is 1. The minimum absolute atomic E-state index is 0.123. The van der Waals surface area contributed by atoms with Crippen LogP contribution in [0.3, 0.4) is 0 Å². The number of hydrogen-bond donors (Lipinski definition) is 0. The van der Waals surface area contributed by atoms with Crippen LogP contribution in [0.2, 0.25) is 0 Å². The second kappa shape index (κ2) is 5.58. The van der Waals surface area contributed by atoms with E-state index >= 15 is 0 Å². The molecule has 116 valence electrons. The Morgan fingerprint density at radius 1 is 1.27 bits per heavy atom. The third-order valence-electron chi connectivity index (χ3n) is 4.61. The molecule has 2 aliphatic heterocycles. The van der Waals surface area contributed by atoms with E-state index in [-0.39, 0.29) is 11.9 Å². The van der Waals surface area contributed by atoms with Crippen LogP contribution < -0.4 is 4.90 Å². The largest absolute Gasteiger partial charge is 0.352 e. The number of amides is 1. The van der Waals surface area contributed by atoms with Gasteiger partial charge >= 0.3 is 0 Å². The fourth-order valence-corrected chi connectivity index (χ4v) is 3.34. The highest BCUT2D eigenvalue weighted by Gasteiger charge is 2.38. The molecule has 1 aromatic rings.